The number of nitrogens with zero attached hydrogens (tertiary/aromatic N) is 4. The highest BCUT2D eigenvalue weighted by molar-refractivity contribution is 6.30. The van der Waals surface area contributed by atoms with Gasteiger partial charge in [0.1, 0.15) is 23.1 Å². The minimum Gasteiger partial charge on any atom is -0.391 e. The predicted octanol–water partition coefficient (Wildman–Crippen LogP) is 1.93. The van der Waals surface area contributed by atoms with Gasteiger partial charge in [0.05, 0.1) is 17.2 Å². The van der Waals surface area contributed by atoms with Crippen LogP contribution in [0.5, 0.6) is 0 Å². The zero-order valence-corrected chi connectivity index (χ0v) is 11.6. The van der Waals surface area contributed by atoms with E-state index >= 15 is 0 Å². The molecule has 0 spiro atoms. The minimum atomic E-state index is -0.401. The largest absolute Gasteiger partial charge is 0.391 e. The van der Waals surface area contributed by atoms with E-state index in [0.717, 1.165) is 18.4 Å². The molecular formula is C14H13ClN4O. The molecule has 1 atom stereocenters. The summed E-state index contributed by atoms with van der Waals surface area (Å²) in [6, 6.07) is 4.26. The minimum absolute atomic E-state index is 0.157. The molecule has 1 aliphatic carbocycles. The van der Waals surface area contributed by atoms with E-state index in [-0.39, 0.29) is 11.1 Å². The third kappa shape index (κ3) is 2.10. The van der Waals surface area contributed by atoms with Crippen molar-refractivity contribution in [1.29, 1.82) is 10.5 Å². The number of anilines is 1. The van der Waals surface area contributed by atoms with Gasteiger partial charge in [-0.05, 0) is 30.7 Å². The first-order valence-corrected chi connectivity index (χ1v) is 7.00. The molecule has 0 aromatic carbocycles. The molecule has 5 nitrogen and oxygen atoms in total. The van der Waals surface area contributed by atoms with E-state index in [1.54, 1.807) is 0 Å². The van der Waals surface area contributed by atoms with Crippen molar-refractivity contribution in [2.24, 2.45) is 0 Å². The molecule has 3 rings (SSSR count). The summed E-state index contributed by atoms with van der Waals surface area (Å²) in [5, 5.41) is 28.5. The van der Waals surface area contributed by atoms with E-state index in [2.05, 4.69) is 17.1 Å². The molecule has 1 saturated carbocycles. The molecule has 0 bridgehead atoms. The zero-order valence-electron chi connectivity index (χ0n) is 10.8. The van der Waals surface area contributed by atoms with Gasteiger partial charge in [-0.2, -0.15) is 10.5 Å². The second kappa shape index (κ2) is 4.94. The Bertz CT molecular complexity index is 642. The third-order valence-corrected chi connectivity index (χ3v) is 4.12. The Morgan fingerprint density at radius 3 is 2.40 bits per heavy atom. The molecule has 0 radical (unpaired) electrons. The molecule has 1 N–H and O–H groups in total. The van der Waals surface area contributed by atoms with Crippen LogP contribution in [0.15, 0.2) is 0 Å². The van der Waals surface area contributed by atoms with Crippen molar-refractivity contribution in [3.05, 3.63) is 21.8 Å². The van der Waals surface area contributed by atoms with Crippen molar-refractivity contribution in [3.63, 3.8) is 0 Å². The average molecular weight is 289 g/mol. The third-order valence-electron chi connectivity index (χ3n) is 3.84. The van der Waals surface area contributed by atoms with Crippen LogP contribution >= 0.6 is 11.6 Å². The summed E-state index contributed by atoms with van der Waals surface area (Å²) in [7, 11) is 0. The van der Waals surface area contributed by atoms with Crippen molar-refractivity contribution in [2.45, 2.75) is 31.3 Å². The normalized spacial score (nSPS) is 21.6. The number of halogens is 1. The number of aliphatic hydroxyl groups is 1. The van der Waals surface area contributed by atoms with Gasteiger partial charge < -0.3 is 10.0 Å². The first kappa shape index (κ1) is 13.2. The van der Waals surface area contributed by atoms with E-state index in [1.165, 1.54) is 0 Å². The average Bonchev–Trinajstić information content (AvgIpc) is 3.19. The van der Waals surface area contributed by atoms with Crippen molar-refractivity contribution in [2.75, 3.05) is 18.0 Å². The van der Waals surface area contributed by atoms with Crippen LogP contribution in [0.1, 0.15) is 41.9 Å². The lowest BCUT2D eigenvalue weighted by atomic mass is 10.00. The Morgan fingerprint density at radius 2 is 1.90 bits per heavy atom. The number of nitriles is 2. The summed E-state index contributed by atoms with van der Waals surface area (Å²) in [4.78, 5) is 6.11. The highest BCUT2D eigenvalue weighted by Crippen LogP contribution is 2.46. The zero-order chi connectivity index (χ0) is 14.3. The molecule has 1 unspecified atom stereocenters. The van der Waals surface area contributed by atoms with Crippen LogP contribution in [0.4, 0.5) is 5.82 Å². The van der Waals surface area contributed by atoms with Crippen LogP contribution in [0.3, 0.4) is 0 Å². The van der Waals surface area contributed by atoms with Gasteiger partial charge in [0.15, 0.2) is 0 Å². The van der Waals surface area contributed by atoms with Crippen LogP contribution in [0, 0.1) is 22.7 Å². The van der Waals surface area contributed by atoms with Crippen molar-refractivity contribution in [1.82, 2.24) is 4.98 Å². The standard InChI is InChI=1S/C14H13ClN4O/c15-13-10(5-16)12(8-1-2-8)11(6-17)14(18-13)19-4-3-9(20)7-19/h8-9,20H,1-4,7H2. The van der Waals surface area contributed by atoms with Gasteiger partial charge in [-0.3, -0.25) is 0 Å². The number of hydrogen-bond acceptors (Lipinski definition) is 5. The highest BCUT2D eigenvalue weighted by atomic mass is 35.5. The van der Waals surface area contributed by atoms with Crippen molar-refractivity contribution < 1.29 is 5.11 Å². The van der Waals surface area contributed by atoms with Gasteiger partial charge in [-0.15, -0.1) is 0 Å². The topological polar surface area (TPSA) is 83.9 Å². The lowest BCUT2D eigenvalue weighted by molar-refractivity contribution is 0.198. The molecule has 20 heavy (non-hydrogen) atoms. The summed E-state index contributed by atoms with van der Waals surface area (Å²) in [6.07, 6.45) is 2.21. The summed E-state index contributed by atoms with van der Waals surface area (Å²) in [5.41, 5.74) is 1.52. The molecule has 2 heterocycles. The van der Waals surface area contributed by atoms with Gasteiger partial charge in [-0.1, -0.05) is 11.6 Å². The second-order valence-corrected chi connectivity index (χ2v) is 5.63. The lowest BCUT2D eigenvalue weighted by Crippen LogP contribution is -2.24. The number of rotatable bonds is 2. The van der Waals surface area contributed by atoms with Crippen LogP contribution in [-0.2, 0) is 0 Å². The van der Waals surface area contributed by atoms with Gasteiger partial charge >= 0.3 is 0 Å². The van der Waals surface area contributed by atoms with E-state index < -0.39 is 6.10 Å². The van der Waals surface area contributed by atoms with Gasteiger partial charge in [0.25, 0.3) is 0 Å². The molecule has 1 aromatic heterocycles. The molecule has 1 aliphatic heterocycles. The fourth-order valence-corrected chi connectivity index (χ4v) is 2.95. The first-order chi connectivity index (χ1) is 9.65. The van der Waals surface area contributed by atoms with Crippen LogP contribution in [-0.4, -0.2) is 29.3 Å². The number of β-amino-alcohol motifs (C(OH)–C–C–N with tert-alkyl or cyclic N) is 1. The summed E-state index contributed by atoms with van der Waals surface area (Å²) < 4.78 is 0. The molecule has 6 heteroatoms. The Morgan fingerprint density at radius 1 is 1.20 bits per heavy atom. The molecule has 2 aliphatic rings. The Kier molecular flexibility index (Phi) is 3.25. The van der Waals surface area contributed by atoms with Gasteiger partial charge in [0.2, 0.25) is 0 Å². The van der Waals surface area contributed by atoms with Gasteiger partial charge in [-0.25, -0.2) is 4.98 Å². The first-order valence-electron chi connectivity index (χ1n) is 6.62. The van der Waals surface area contributed by atoms with Crippen LogP contribution in [0.2, 0.25) is 5.15 Å². The maximum absolute atomic E-state index is 9.65. The molecule has 0 amide bonds. The van der Waals surface area contributed by atoms with Gasteiger partial charge in [0, 0.05) is 13.1 Å². The van der Waals surface area contributed by atoms with E-state index in [0.29, 0.717) is 36.5 Å². The van der Waals surface area contributed by atoms with E-state index in [4.69, 9.17) is 11.6 Å². The maximum atomic E-state index is 9.65. The fraction of sp³-hybridized carbons (Fsp3) is 0.500. The molecule has 1 aromatic rings. The van der Waals surface area contributed by atoms with E-state index in [9.17, 15) is 15.6 Å². The molecule has 1 saturated heterocycles. The number of pyridine rings is 1. The predicted molar refractivity (Wildman–Crippen MR) is 73.5 cm³/mol. The SMILES string of the molecule is N#Cc1c(Cl)nc(N2CCC(O)C2)c(C#N)c1C1CC1. The van der Waals surface area contributed by atoms with E-state index in [1.807, 2.05) is 4.90 Å². The smallest absolute Gasteiger partial charge is 0.149 e. The summed E-state index contributed by atoms with van der Waals surface area (Å²) in [6.45, 7) is 1.10. The number of hydrogen-bond donors (Lipinski definition) is 1. The van der Waals surface area contributed by atoms with Crippen LogP contribution < -0.4 is 4.90 Å². The Hall–Kier alpha value is -1.82. The monoisotopic (exact) mass is 288 g/mol. The summed E-state index contributed by atoms with van der Waals surface area (Å²) >= 11 is 6.12. The summed E-state index contributed by atoms with van der Waals surface area (Å²) in [5.74, 6) is 0.751. The van der Waals surface area contributed by atoms with Crippen molar-refractivity contribution >= 4 is 17.4 Å². The quantitative estimate of drug-likeness (QED) is 0.841. The lowest BCUT2D eigenvalue weighted by Gasteiger charge is -2.20. The Labute approximate surface area is 122 Å². The second-order valence-electron chi connectivity index (χ2n) is 5.28. The van der Waals surface area contributed by atoms with Crippen molar-refractivity contribution in [3.8, 4) is 12.1 Å². The van der Waals surface area contributed by atoms with Crippen LogP contribution in [0.25, 0.3) is 0 Å². The highest BCUT2D eigenvalue weighted by Gasteiger charge is 2.34. The molecule has 2 fully saturated rings. The number of aliphatic hydroxyl groups excluding tert-OH is 1. The molecular weight excluding hydrogens is 276 g/mol. The number of aromatic nitrogens is 1. The fourth-order valence-electron chi connectivity index (χ4n) is 2.72. The Balaban J connectivity index is 2.16. The molecule has 102 valence electrons. The maximum Gasteiger partial charge on any atom is 0.149 e.